The van der Waals surface area contributed by atoms with Crippen LogP contribution in [0.3, 0.4) is 0 Å². The van der Waals surface area contributed by atoms with Gasteiger partial charge < -0.3 is 23.7 Å². The Morgan fingerprint density at radius 2 is 1.96 bits per heavy atom. The summed E-state index contributed by atoms with van der Waals surface area (Å²) in [6.45, 7) is 12.0. The first-order valence-electron chi connectivity index (χ1n) is 8.58. The molecule has 6 heteroatoms. The summed E-state index contributed by atoms with van der Waals surface area (Å²) in [7, 11) is 0. The average Bonchev–Trinajstić information content (AvgIpc) is 2.47. The number of carbonyl (C=O) groups excluding carboxylic acids is 2. The van der Waals surface area contributed by atoms with Gasteiger partial charge in [-0.2, -0.15) is 0 Å². The van der Waals surface area contributed by atoms with Gasteiger partial charge in [-0.3, -0.25) is 4.79 Å². The van der Waals surface area contributed by atoms with Gasteiger partial charge in [0.05, 0.1) is 30.8 Å². The minimum absolute atomic E-state index is 0.131. The Balaban J connectivity index is 2.04. The molecule has 0 unspecified atom stereocenters. The third-order valence-electron chi connectivity index (χ3n) is 4.79. The van der Waals surface area contributed by atoms with Crippen LogP contribution >= 0.6 is 0 Å². The van der Waals surface area contributed by atoms with Crippen LogP contribution in [-0.4, -0.2) is 49.6 Å². The van der Waals surface area contributed by atoms with Gasteiger partial charge in [-0.1, -0.05) is 6.92 Å². The molecular formula is C18H30O6. The lowest BCUT2D eigenvalue weighted by Gasteiger charge is -2.54. The molecule has 0 aromatic carbocycles. The Morgan fingerprint density at radius 3 is 2.54 bits per heavy atom. The lowest BCUT2D eigenvalue weighted by Crippen LogP contribution is -2.62. The van der Waals surface area contributed by atoms with Crippen LogP contribution in [0, 0.1) is 10.8 Å². The summed E-state index contributed by atoms with van der Waals surface area (Å²) in [6.07, 6.45) is 0.945. The fourth-order valence-electron chi connectivity index (χ4n) is 3.14. The van der Waals surface area contributed by atoms with Crippen LogP contribution in [-0.2, 0) is 28.5 Å². The molecule has 24 heavy (non-hydrogen) atoms. The molecule has 0 aliphatic carbocycles. The normalized spacial score (nSPS) is 35.8. The Morgan fingerprint density at radius 1 is 1.29 bits per heavy atom. The average molecular weight is 342 g/mol. The van der Waals surface area contributed by atoms with Gasteiger partial charge in [0.25, 0.3) is 0 Å². The van der Waals surface area contributed by atoms with Crippen molar-refractivity contribution in [3.05, 3.63) is 0 Å². The number of carbonyl (C=O) groups is 2. The maximum Gasteiger partial charge on any atom is 0.311 e. The highest BCUT2D eigenvalue weighted by Crippen LogP contribution is 2.45. The second-order valence-corrected chi connectivity index (χ2v) is 8.51. The van der Waals surface area contributed by atoms with E-state index in [4.69, 9.17) is 18.9 Å². The predicted molar refractivity (Wildman–Crippen MR) is 87.4 cm³/mol. The van der Waals surface area contributed by atoms with Crippen LogP contribution in [0.4, 0.5) is 0 Å². The third kappa shape index (κ3) is 4.16. The number of hydrogen-bond acceptors (Lipinski definition) is 6. The van der Waals surface area contributed by atoms with Gasteiger partial charge >= 0.3 is 5.97 Å². The Kier molecular flexibility index (Phi) is 5.43. The SMILES string of the molecule is CC1(C)OC[C@@]2(C)[C@H](CCOC(=O)C(C)(C)C)O[C@H](C=O)C[C@H]2O1. The number of ether oxygens (including phenoxy) is 4. The molecular weight excluding hydrogens is 312 g/mol. The van der Waals surface area contributed by atoms with Crippen LogP contribution in [0.2, 0.25) is 0 Å². The van der Waals surface area contributed by atoms with E-state index < -0.39 is 17.3 Å². The molecule has 6 nitrogen and oxygen atoms in total. The number of fused-ring (bicyclic) bond motifs is 1. The van der Waals surface area contributed by atoms with Gasteiger partial charge in [0.2, 0.25) is 0 Å². The zero-order valence-electron chi connectivity index (χ0n) is 15.6. The highest BCUT2D eigenvalue weighted by molar-refractivity contribution is 5.75. The summed E-state index contributed by atoms with van der Waals surface area (Å²) in [5.41, 5.74) is -0.907. The molecule has 0 aromatic rings. The van der Waals surface area contributed by atoms with E-state index in [0.717, 1.165) is 6.29 Å². The molecule has 2 fully saturated rings. The van der Waals surface area contributed by atoms with Crippen LogP contribution in [0.1, 0.15) is 54.4 Å². The van der Waals surface area contributed by atoms with E-state index in [1.165, 1.54) is 0 Å². The monoisotopic (exact) mass is 342 g/mol. The second-order valence-electron chi connectivity index (χ2n) is 8.51. The molecule has 0 aromatic heterocycles. The minimum Gasteiger partial charge on any atom is -0.465 e. The Labute approximate surface area is 144 Å². The summed E-state index contributed by atoms with van der Waals surface area (Å²) < 4.78 is 23.2. The Hall–Kier alpha value is -0.980. The van der Waals surface area contributed by atoms with Gasteiger partial charge in [0.15, 0.2) is 5.79 Å². The number of esters is 1. The van der Waals surface area contributed by atoms with E-state index in [0.29, 0.717) is 19.4 Å². The maximum absolute atomic E-state index is 11.9. The quantitative estimate of drug-likeness (QED) is 0.577. The zero-order valence-corrected chi connectivity index (χ0v) is 15.6. The van der Waals surface area contributed by atoms with E-state index in [-0.39, 0.29) is 30.2 Å². The lowest BCUT2D eigenvalue weighted by molar-refractivity contribution is -0.350. The molecule has 0 amide bonds. The van der Waals surface area contributed by atoms with E-state index in [1.807, 2.05) is 41.5 Å². The summed E-state index contributed by atoms with van der Waals surface area (Å²) >= 11 is 0. The number of aldehydes is 1. The molecule has 2 aliphatic heterocycles. The predicted octanol–water partition coefficient (Wildman–Crippen LogP) is 2.48. The van der Waals surface area contributed by atoms with Crippen molar-refractivity contribution in [1.29, 1.82) is 0 Å². The molecule has 138 valence electrons. The largest absolute Gasteiger partial charge is 0.465 e. The van der Waals surface area contributed by atoms with E-state index >= 15 is 0 Å². The van der Waals surface area contributed by atoms with Gasteiger partial charge in [0, 0.05) is 18.3 Å². The standard InChI is InChI=1S/C18H30O6/c1-16(2,3)15(20)21-8-7-13-18(6)11-22-17(4,5)24-14(18)9-12(10-19)23-13/h10,12-14H,7-9,11H2,1-6H3/t12-,13-,14+,18-/m0/s1. The highest BCUT2D eigenvalue weighted by Gasteiger charge is 2.54. The lowest BCUT2D eigenvalue weighted by atomic mass is 9.73. The van der Waals surface area contributed by atoms with E-state index in [9.17, 15) is 9.59 Å². The van der Waals surface area contributed by atoms with Crippen molar-refractivity contribution in [1.82, 2.24) is 0 Å². The van der Waals surface area contributed by atoms with Crippen molar-refractivity contribution < 1.29 is 28.5 Å². The van der Waals surface area contributed by atoms with Crippen molar-refractivity contribution in [3.8, 4) is 0 Å². The van der Waals surface area contributed by atoms with Crippen molar-refractivity contribution in [2.75, 3.05) is 13.2 Å². The minimum atomic E-state index is -0.668. The first-order chi connectivity index (χ1) is 11.0. The molecule has 0 bridgehead atoms. The van der Waals surface area contributed by atoms with E-state index in [2.05, 4.69) is 0 Å². The number of rotatable bonds is 4. The second kappa shape index (κ2) is 6.73. The molecule has 0 spiro atoms. The highest BCUT2D eigenvalue weighted by atomic mass is 16.7. The van der Waals surface area contributed by atoms with E-state index in [1.54, 1.807) is 0 Å². The zero-order chi connectivity index (χ0) is 18.2. The Bertz CT molecular complexity index is 480. The van der Waals surface area contributed by atoms with Gasteiger partial charge in [-0.05, 0) is 34.6 Å². The number of hydrogen-bond donors (Lipinski definition) is 0. The summed E-state index contributed by atoms with van der Waals surface area (Å²) in [5.74, 6) is -0.915. The topological polar surface area (TPSA) is 71.1 Å². The molecule has 2 aliphatic rings. The van der Waals surface area contributed by atoms with Crippen LogP contribution in [0.15, 0.2) is 0 Å². The molecule has 2 heterocycles. The molecule has 0 radical (unpaired) electrons. The molecule has 0 N–H and O–H groups in total. The van der Waals surface area contributed by atoms with Gasteiger partial charge in [0.1, 0.15) is 12.4 Å². The smallest absolute Gasteiger partial charge is 0.311 e. The third-order valence-corrected chi connectivity index (χ3v) is 4.79. The fourth-order valence-corrected chi connectivity index (χ4v) is 3.14. The van der Waals surface area contributed by atoms with Crippen molar-refractivity contribution >= 4 is 12.3 Å². The first kappa shape index (κ1) is 19.3. The molecule has 2 saturated heterocycles. The molecule has 0 saturated carbocycles. The molecule has 4 atom stereocenters. The van der Waals surface area contributed by atoms with Gasteiger partial charge in [-0.15, -0.1) is 0 Å². The van der Waals surface area contributed by atoms with Crippen molar-refractivity contribution in [2.24, 2.45) is 10.8 Å². The first-order valence-corrected chi connectivity index (χ1v) is 8.58. The van der Waals surface area contributed by atoms with Gasteiger partial charge in [-0.25, -0.2) is 0 Å². The molecule has 2 rings (SSSR count). The van der Waals surface area contributed by atoms with Crippen LogP contribution in [0.25, 0.3) is 0 Å². The van der Waals surface area contributed by atoms with Crippen molar-refractivity contribution in [2.45, 2.75) is 78.5 Å². The van der Waals surface area contributed by atoms with Crippen LogP contribution < -0.4 is 0 Å². The summed E-state index contributed by atoms with van der Waals surface area (Å²) in [4.78, 5) is 23.2. The van der Waals surface area contributed by atoms with Crippen LogP contribution in [0.5, 0.6) is 0 Å². The summed E-state index contributed by atoms with van der Waals surface area (Å²) in [6, 6.07) is 0. The maximum atomic E-state index is 11.9. The fraction of sp³-hybridized carbons (Fsp3) is 0.889. The van der Waals surface area contributed by atoms with Crippen molar-refractivity contribution in [3.63, 3.8) is 0 Å². The summed E-state index contributed by atoms with van der Waals surface area (Å²) in [5, 5.41) is 0.